The van der Waals surface area contributed by atoms with Gasteiger partial charge in [0.05, 0.1) is 5.70 Å². The van der Waals surface area contributed by atoms with Gasteiger partial charge in [-0.15, -0.1) is 4.91 Å². The zero-order chi connectivity index (χ0) is 20.3. The van der Waals surface area contributed by atoms with E-state index in [1.165, 1.54) is 6.20 Å². The van der Waals surface area contributed by atoms with E-state index in [1.54, 1.807) is 19.1 Å². The monoisotopic (exact) mass is 458 g/mol. The number of aryl methyl sites for hydroxylation is 1. The molecule has 0 spiro atoms. The number of hydrogen-bond donors (Lipinski definition) is 1. The Bertz CT molecular complexity index is 981. The summed E-state index contributed by atoms with van der Waals surface area (Å²) < 4.78 is 0.992. The molecule has 2 aromatic carbocycles. The van der Waals surface area contributed by atoms with Gasteiger partial charge in [0, 0.05) is 39.3 Å². The summed E-state index contributed by atoms with van der Waals surface area (Å²) in [6.07, 6.45) is 5.39. The predicted molar refractivity (Wildman–Crippen MR) is 116 cm³/mol. The van der Waals surface area contributed by atoms with Crippen molar-refractivity contribution in [3.8, 4) is 0 Å². The number of rotatable bonds is 5. The van der Waals surface area contributed by atoms with E-state index in [0.717, 1.165) is 26.2 Å². The van der Waals surface area contributed by atoms with Crippen molar-refractivity contribution < 1.29 is 5.21 Å². The van der Waals surface area contributed by atoms with Gasteiger partial charge in [-0.25, -0.2) is 5.06 Å². The van der Waals surface area contributed by atoms with Crippen molar-refractivity contribution in [2.45, 2.75) is 26.2 Å². The Morgan fingerprint density at radius 3 is 2.54 bits per heavy atom. The van der Waals surface area contributed by atoms with Crippen LogP contribution in [0.3, 0.4) is 0 Å². The average Bonchev–Trinajstić information content (AvgIpc) is 2.67. The Labute approximate surface area is 177 Å². The second-order valence-corrected chi connectivity index (χ2v) is 8.10. The highest BCUT2D eigenvalue weighted by atomic mass is 79.9. The fourth-order valence-corrected chi connectivity index (χ4v) is 3.81. The van der Waals surface area contributed by atoms with E-state index in [4.69, 9.17) is 11.6 Å². The number of hydrogen-bond acceptors (Lipinski definition) is 4. The van der Waals surface area contributed by atoms with Crippen molar-refractivity contribution in [3.63, 3.8) is 0 Å². The third kappa shape index (κ3) is 4.61. The molecule has 1 N–H and O–H groups in total. The zero-order valence-corrected chi connectivity index (χ0v) is 17.9. The third-order valence-corrected chi connectivity index (χ3v) is 5.61. The van der Waals surface area contributed by atoms with Crippen LogP contribution in [0.5, 0.6) is 0 Å². The molecule has 1 unspecified atom stereocenters. The molecule has 0 radical (unpaired) electrons. The molecule has 0 amide bonds. The quantitative estimate of drug-likeness (QED) is 0.486. The van der Waals surface area contributed by atoms with Crippen LogP contribution >= 0.6 is 27.5 Å². The highest BCUT2D eigenvalue weighted by molar-refractivity contribution is 9.10. The molecule has 0 aromatic heterocycles. The Balaban J connectivity index is 2.07. The van der Waals surface area contributed by atoms with E-state index in [-0.39, 0.29) is 5.92 Å². The molecule has 0 saturated carbocycles. The van der Waals surface area contributed by atoms with Crippen molar-refractivity contribution in [1.29, 1.82) is 0 Å². The maximum atomic E-state index is 11.7. The molecule has 1 aliphatic rings. The highest BCUT2D eigenvalue weighted by Crippen LogP contribution is 2.36. The van der Waals surface area contributed by atoms with E-state index < -0.39 is 0 Å². The van der Waals surface area contributed by atoms with Crippen LogP contribution in [0.25, 0.3) is 0 Å². The lowest BCUT2D eigenvalue weighted by Gasteiger charge is -2.22. The lowest BCUT2D eigenvalue weighted by molar-refractivity contribution is -0.00464. The van der Waals surface area contributed by atoms with Crippen molar-refractivity contribution in [3.05, 3.63) is 109 Å². The van der Waals surface area contributed by atoms with Gasteiger partial charge in [0.15, 0.2) is 0 Å². The SMILES string of the molecule is CC1=CC(=C(CC(c2ccc(Br)cc2)c2ccc(Cl)cc2C)N=O)C=CN1O. The first-order valence-electron chi connectivity index (χ1n) is 8.81. The van der Waals surface area contributed by atoms with Crippen LogP contribution < -0.4 is 0 Å². The van der Waals surface area contributed by atoms with Crippen molar-refractivity contribution in [1.82, 2.24) is 5.06 Å². The summed E-state index contributed by atoms with van der Waals surface area (Å²) in [4.78, 5) is 11.7. The minimum absolute atomic E-state index is 0.0557. The first-order chi connectivity index (χ1) is 13.4. The molecular weight excluding hydrogens is 440 g/mol. The molecule has 0 bridgehead atoms. The molecule has 6 heteroatoms. The lowest BCUT2D eigenvalue weighted by atomic mass is 9.84. The van der Waals surface area contributed by atoms with Crippen LogP contribution in [0, 0.1) is 11.8 Å². The molecule has 0 saturated heterocycles. The summed E-state index contributed by atoms with van der Waals surface area (Å²) in [5.41, 5.74) is 5.00. The number of benzene rings is 2. The van der Waals surface area contributed by atoms with Crippen LogP contribution in [0.15, 0.2) is 87.4 Å². The van der Waals surface area contributed by atoms with Gasteiger partial charge in [0.25, 0.3) is 0 Å². The molecule has 0 aliphatic carbocycles. The summed E-state index contributed by atoms with van der Waals surface area (Å²) in [6.45, 7) is 3.78. The summed E-state index contributed by atoms with van der Waals surface area (Å²) in [5, 5.41) is 14.7. The molecule has 1 aliphatic heterocycles. The van der Waals surface area contributed by atoms with Gasteiger partial charge in [-0.3, -0.25) is 5.21 Å². The lowest BCUT2D eigenvalue weighted by Crippen LogP contribution is -2.12. The molecule has 0 fully saturated rings. The van der Waals surface area contributed by atoms with Gasteiger partial charge >= 0.3 is 0 Å². The molecule has 2 aromatic rings. The van der Waals surface area contributed by atoms with Crippen LogP contribution in [0.4, 0.5) is 0 Å². The fraction of sp³-hybridized carbons (Fsp3) is 0.182. The maximum absolute atomic E-state index is 11.7. The van der Waals surface area contributed by atoms with E-state index in [1.807, 2.05) is 49.4 Å². The number of halogens is 2. The average molecular weight is 460 g/mol. The maximum Gasteiger partial charge on any atom is 0.0931 e. The fourth-order valence-electron chi connectivity index (χ4n) is 3.32. The highest BCUT2D eigenvalue weighted by Gasteiger charge is 2.21. The van der Waals surface area contributed by atoms with Gasteiger partial charge in [0.2, 0.25) is 0 Å². The molecular formula is C22H20BrClN2O2. The largest absolute Gasteiger partial charge is 0.284 e. The molecule has 3 rings (SSSR count). The summed E-state index contributed by atoms with van der Waals surface area (Å²) in [6, 6.07) is 13.9. The number of allylic oxidation sites excluding steroid dienone is 5. The van der Waals surface area contributed by atoms with E-state index in [9.17, 15) is 10.1 Å². The Kier molecular flexibility index (Phi) is 6.50. The van der Waals surface area contributed by atoms with Gasteiger partial charge in [0.1, 0.15) is 0 Å². The Hall–Kier alpha value is -2.21. The van der Waals surface area contributed by atoms with E-state index in [0.29, 0.717) is 28.4 Å². The molecule has 144 valence electrons. The van der Waals surface area contributed by atoms with Crippen molar-refractivity contribution in [2.75, 3.05) is 0 Å². The van der Waals surface area contributed by atoms with Crippen LogP contribution in [0.1, 0.15) is 36.0 Å². The van der Waals surface area contributed by atoms with Gasteiger partial charge in [-0.05, 0) is 72.1 Å². The standard InChI is InChI=1S/C22H20BrClN2O2/c1-14-11-19(24)7-8-20(14)21(16-3-5-18(23)6-4-16)13-22(25-27)17-9-10-26(28)15(2)12-17/h3-12,21,28H,13H2,1-2H3. The minimum Gasteiger partial charge on any atom is -0.284 e. The molecule has 1 heterocycles. The summed E-state index contributed by atoms with van der Waals surface area (Å²) in [5.74, 6) is -0.0557. The van der Waals surface area contributed by atoms with E-state index in [2.05, 4.69) is 21.1 Å². The van der Waals surface area contributed by atoms with E-state index >= 15 is 0 Å². The van der Waals surface area contributed by atoms with Crippen LogP contribution in [0.2, 0.25) is 5.02 Å². The summed E-state index contributed by atoms with van der Waals surface area (Å²) >= 11 is 9.62. The molecule has 28 heavy (non-hydrogen) atoms. The first-order valence-corrected chi connectivity index (χ1v) is 9.98. The second-order valence-electron chi connectivity index (χ2n) is 6.75. The zero-order valence-electron chi connectivity index (χ0n) is 15.6. The Morgan fingerprint density at radius 1 is 1.21 bits per heavy atom. The van der Waals surface area contributed by atoms with Crippen molar-refractivity contribution in [2.24, 2.45) is 5.18 Å². The Morgan fingerprint density at radius 2 is 1.93 bits per heavy atom. The topological polar surface area (TPSA) is 52.9 Å². The molecule has 4 nitrogen and oxygen atoms in total. The van der Waals surface area contributed by atoms with Gasteiger partial charge < -0.3 is 0 Å². The first kappa shape index (κ1) is 20.5. The number of nitroso groups, excluding NO2 is 1. The number of hydroxylamine groups is 2. The third-order valence-electron chi connectivity index (χ3n) is 4.84. The normalized spacial score (nSPS) is 16.6. The van der Waals surface area contributed by atoms with Crippen LogP contribution in [-0.2, 0) is 0 Å². The summed E-state index contributed by atoms with van der Waals surface area (Å²) in [7, 11) is 0. The second kappa shape index (κ2) is 8.86. The minimum atomic E-state index is -0.0557. The van der Waals surface area contributed by atoms with Gasteiger partial charge in [-0.1, -0.05) is 45.7 Å². The van der Waals surface area contributed by atoms with Crippen molar-refractivity contribution >= 4 is 27.5 Å². The smallest absolute Gasteiger partial charge is 0.0931 e. The predicted octanol–water partition coefficient (Wildman–Crippen LogP) is 7.08. The van der Waals surface area contributed by atoms with Crippen LogP contribution in [-0.4, -0.2) is 10.3 Å². The van der Waals surface area contributed by atoms with Gasteiger partial charge in [-0.2, -0.15) is 0 Å². The molecule has 1 atom stereocenters. The number of nitrogens with zero attached hydrogens (tertiary/aromatic N) is 2.